The first-order chi connectivity index (χ1) is 8.74. The topological polar surface area (TPSA) is 47.6 Å². The average Bonchev–Trinajstić information content (AvgIpc) is 2.89. The van der Waals surface area contributed by atoms with Gasteiger partial charge >= 0.3 is 0 Å². The molecule has 0 radical (unpaired) electrons. The van der Waals surface area contributed by atoms with Crippen LogP contribution in [0, 0.1) is 0 Å². The Morgan fingerprint density at radius 1 is 1.44 bits per heavy atom. The van der Waals surface area contributed by atoms with Crippen molar-refractivity contribution in [3.05, 3.63) is 29.3 Å². The Hall–Kier alpha value is -1.26. The minimum absolute atomic E-state index is 0.00829. The molecule has 1 saturated heterocycles. The minimum Gasteiger partial charge on any atom is -0.484 e. The van der Waals surface area contributed by atoms with Gasteiger partial charge in [-0.1, -0.05) is 11.6 Å². The fraction of sp³-hybridized carbons (Fsp3) is 0.462. The lowest BCUT2D eigenvalue weighted by atomic mass is 10.2. The number of hydrogen-bond donors (Lipinski definition) is 1. The highest BCUT2D eigenvalue weighted by molar-refractivity contribution is 6.30. The van der Waals surface area contributed by atoms with Crippen molar-refractivity contribution in [2.75, 3.05) is 19.8 Å². The standard InChI is InChI=1S/C13H16ClNO3/c14-10-3-5-11(6-4-10)18-9-13(16)15-8-12-2-1-7-17-12/h3-6,12H,1-2,7-9H2,(H,15,16). The van der Waals surface area contributed by atoms with Crippen molar-refractivity contribution in [1.82, 2.24) is 5.32 Å². The molecule has 1 aromatic rings. The van der Waals surface area contributed by atoms with E-state index in [0.29, 0.717) is 17.3 Å². The molecule has 1 amide bonds. The molecule has 1 atom stereocenters. The van der Waals surface area contributed by atoms with Gasteiger partial charge in [0.05, 0.1) is 6.10 Å². The summed E-state index contributed by atoms with van der Waals surface area (Å²) in [6, 6.07) is 6.91. The Morgan fingerprint density at radius 2 is 2.22 bits per heavy atom. The largest absolute Gasteiger partial charge is 0.484 e. The van der Waals surface area contributed by atoms with Gasteiger partial charge < -0.3 is 14.8 Å². The van der Waals surface area contributed by atoms with Gasteiger partial charge in [-0.05, 0) is 37.1 Å². The maximum Gasteiger partial charge on any atom is 0.258 e. The van der Waals surface area contributed by atoms with Crippen LogP contribution in [0.4, 0.5) is 0 Å². The maximum absolute atomic E-state index is 11.5. The highest BCUT2D eigenvalue weighted by Gasteiger charge is 2.16. The predicted octanol–water partition coefficient (Wildman–Crippen LogP) is 2.01. The van der Waals surface area contributed by atoms with Crippen molar-refractivity contribution >= 4 is 17.5 Å². The second-order valence-corrected chi connectivity index (χ2v) is 4.62. The second kappa shape index (κ2) is 6.61. The first-order valence-corrected chi connectivity index (χ1v) is 6.38. The third kappa shape index (κ3) is 4.20. The Kier molecular flexibility index (Phi) is 4.84. The molecule has 98 valence electrons. The summed E-state index contributed by atoms with van der Waals surface area (Å²) >= 11 is 5.75. The lowest BCUT2D eigenvalue weighted by molar-refractivity contribution is -0.123. The number of benzene rings is 1. The smallest absolute Gasteiger partial charge is 0.258 e. The number of amides is 1. The summed E-state index contributed by atoms with van der Waals surface area (Å²) in [7, 11) is 0. The van der Waals surface area contributed by atoms with Crippen LogP contribution in [0.25, 0.3) is 0 Å². The van der Waals surface area contributed by atoms with Gasteiger partial charge in [-0.15, -0.1) is 0 Å². The van der Waals surface area contributed by atoms with Crippen LogP contribution in [-0.4, -0.2) is 31.8 Å². The third-order valence-corrected chi connectivity index (χ3v) is 2.99. The van der Waals surface area contributed by atoms with Crippen LogP contribution >= 0.6 is 11.6 Å². The molecule has 18 heavy (non-hydrogen) atoms. The highest BCUT2D eigenvalue weighted by Crippen LogP contribution is 2.15. The molecule has 1 aliphatic rings. The molecule has 0 saturated carbocycles. The molecule has 1 aromatic carbocycles. The molecule has 0 spiro atoms. The van der Waals surface area contributed by atoms with Crippen LogP contribution < -0.4 is 10.1 Å². The Balaban J connectivity index is 1.66. The fourth-order valence-electron chi connectivity index (χ4n) is 1.76. The molecule has 5 heteroatoms. The first kappa shape index (κ1) is 13.2. The second-order valence-electron chi connectivity index (χ2n) is 4.18. The van der Waals surface area contributed by atoms with E-state index in [-0.39, 0.29) is 18.6 Å². The lowest BCUT2D eigenvalue weighted by Crippen LogP contribution is -2.35. The van der Waals surface area contributed by atoms with E-state index in [1.807, 2.05) is 0 Å². The van der Waals surface area contributed by atoms with E-state index >= 15 is 0 Å². The molecule has 4 nitrogen and oxygen atoms in total. The van der Waals surface area contributed by atoms with Crippen molar-refractivity contribution in [3.8, 4) is 5.75 Å². The number of hydrogen-bond acceptors (Lipinski definition) is 3. The molecule has 2 rings (SSSR count). The van der Waals surface area contributed by atoms with Crippen molar-refractivity contribution < 1.29 is 14.3 Å². The van der Waals surface area contributed by atoms with E-state index in [0.717, 1.165) is 19.4 Å². The number of nitrogens with one attached hydrogen (secondary N) is 1. The maximum atomic E-state index is 11.5. The van der Waals surface area contributed by atoms with E-state index in [1.54, 1.807) is 24.3 Å². The van der Waals surface area contributed by atoms with E-state index in [4.69, 9.17) is 21.1 Å². The number of rotatable bonds is 5. The van der Waals surface area contributed by atoms with Gasteiger partial charge in [0.1, 0.15) is 5.75 Å². The first-order valence-electron chi connectivity index (χ1n) is 6.01. The van der Waals surface area contributed by atoms with Gasteiger partial charge in [-0.25, -0.2) is 0 Å². The van der Waals surface area contributed by atoms with Crippen LogP contribution in [0.3, 0.4) is 0 Å². The lowest BCUT2D eigenvalue weighted by Gasteiger charge is -2.11. The molecule has 1 unspecified atom stereocenters. The summed E-state index contributed by atoms with van der Waals surface area (Å²) in [6.07, 6.45) is 2.24. The van der Waals surface area contributed by atoms with Gasteiger partial charge in [-0.2, -0.15) is 0 Å². The fourth-order valence-corrected chi connectivity index (χ4v) is 1.89. The van der Waals surface area contributed by atoms with Crippen molar-refractivity contribution in [2.45, 2.75) is 18.9 Å². The Bertz CT molecular complexity index is 388. The number of halogens is 1. The van der Waals surface area contributed by atoms with Crippen LogP contribution in [0.15, 0.2) is 24.3 Å². The molecule has 1 fully saturated rings. The van der Waals surface area contributed by atoms with E-state index in [2.05, 4.69) is 5.32 Å². The average molecular weight is 270 g/mol. The molecule has 0 bridgehead atoms. The summed E-state index contributed by atoms with van der Waals surface area (Å²) in [5, 5.41) is 3.43. The molecule has 0 aromatic heterocycles. The molecular weight excluding hydrogens is 254 g/mol. The minimum atomic E-state index is -0.138. The predicted molar refractivity (Wildman–Crippen MR) is 68.9 cm³/mol. The van der Waals surface area contributed by atoms with E-state index in [9.17, 15) is 4.79 Å². The normalized spacial score (nSPS) is 18.6. The van der Waals surface area contributed by atoms with Gasteiger partial charge in [0.15, 0.2) is 6.61 Å². The summed E-state index contributed by atoms with van der Waals surface area (Å²) < 4.78 is 10.7. The van der Waals surface area contributed by atoms with Crippen LogP contribution in [0.1, 0.15) is 12.8 Å². The summed E-state index contributed by atoms with van der Waals surface area (Å²) in [5.74, 6) is 0.493. The van der Waals surface area contributed by atoms with Gasteiger partial charge in [-0.3, -0.25) is 4.79 Å². The van der Waals surface area contributed by atoms with Gasteiger partial charge in [0.25, 0.3) is 5.91 Å². The Morgan fingerprint density at radius 3 is 2.89 bits per heavy atom. The zero-order valence-electron chi connectivity index (χ0n) is 10.0. The molecule has 0 aliphatic carbocycles. The van der Waals surface area contributed by atoms with Crippen LogP contribution in [-0.2, 0) is 9.53 Å². The quantitative estimate of drug-likeness (QED) is 0.890. The summed E-state index contributed by atoms with van der Waals surface area (Å²) in [5.41, 5.74) is 0. The number of carbonyl (C=O) groups is 1. The van der Waals surface area contributed by atoms with Gasteiger partial charge in [0, 0.05) is 18.2 Å². The zero-order chi connectivity index (χ0) is 12.8. The van der Waals surface area contributed by atoms with Crippen molar-refractivity contribution in [3.63, 3.8) is 0 Å². The van der Waals surface area contributed by atoms with Gasteiger partial charge in [0.2, 0.25) is 0 Å². The number of carbonyl (C=O) groups excluding carboxylic acids is 1. The third-order valence-electron chi connectivity index (χ3n) is 2.73. The SMILES string of the molecule is O=C(COc1ccc(Cl)cc1)NCC1CCCO1. The van der Waals surface area contributed by atoms with E-state index in [1.165, 1.54) is 0 Å². The number of ether oxygens (including phenoxy) is 2. The summed E-state index contributed by atoms with van der Waals surface area (Å²) in [4.78, 5) is 11.5. The summed E-state index contributed by atoms with van der Waals surface area (Å²) in [6.45, 7) is 1.36. The van der Waals surface area contributed by atoms with Crippen molar-refractivity contribution in [1.29, 1.82) is 0 Å². The highest BCUT2D eigenvalue weighted by atomic mass is 35.5. The zero-order valence-corrected chi connectivity index (χ0v) is 10.8. The Labute approximate surface area is 111 Å². The molecule has 1 aliphatic heterocycles. The molecule has 1 heterocycles. The monoisotopic (exact) mass is 269 g/mol. The van der Waals surface area contributed by atoms with Crippen molar-refractivity contribution in [2.24, 2.45) is 0 Å². The molecule has 1 N–H and O–H groups in total. The van der Waals surface area contributed by atoms with E-state index < -0.39 is 0 Å². The van der Waals surface area contributed by atoms with Crippen LogP contribution in [0.2, 0.25) is 5.02 Å². The van der Waals surface area contributed by atoms with Crippen LogP contribution in [0.5, 0.6) is 5.75 Å². The molecular formula is C13H16ClNO3.